The number of benzene rings is 3. The molecule has 0 unspecified atom stereocenters. The van der Waals surface area contributed by atoms with E-state index in [9.17, 15) is 9.90 Å². The average molecular weight is 571 g/mol. The predicted octanol–water partition coefficient (Wildman–Crippen LogP) is 5.09. The fourth-order valence-corrected chi connectivity index (χ4v) is 4.56. The van der Waals surface area contributed by atoms with Crippen molar-refractivity contribution >= 4 is 5.97 Å². The van der Waals surface area contributed by atoms with Gasteiger partial charge in [-0.1, -0.05) is 91.0 Å². The van der Waals surface area contributed by atoms with Crippen molar-refractivity contribution in [1.82, 2.24) is 0 Å². The summed E-state index contributed by atoms with van der Waals surface area (Å²) in [6, 6.07) is 27.8. The van der Waals surface area contributed by atoms with Gasteiger partial charge in [-0.2, -0.15) is 8.78 Å². The van der Waals surface area contributed by atoms with E-state index in [2.05, 4.69) is 0 Å². The molecular formula is C32H36F2O7. The standard InChI is InChI=1S/C32H36F2O7/c1-22(2)40-31(36)32(33,34)30-27(35)29(39-20-25-16-10-5-11-17-25)28(38-19-24-14-8-4-9-15-24)26(41-30)21-37-18-23-12-6-3-7-13-23/h3-17,22,26-30,35H,18-21H2,1-2H3/t26-,27-,28+,29-,30+/m1/s1. The quantitative estimate of drug-likeness (QED) is 0.287. The maximum absolute atomic E-state index is 15.5. The van der Waals surface area contributed by atoms with Crippen molar-refractivity contribution in [2.24, 2.45) is 0 Å². The molecule has 220 valence electrons. The van der Waals surface area contributed by atoms with E-state index in [0.717, 1.165) is 16.7 Å². The molecule has 41 heavy (non-hydrogen) atoms. The maximum Gasteiger partial charge on any atom is 0.380 e. The highest BCUT2D eigenvalue weighted by Crippen LogP contribution is 2.36. The highest BCUT2D eigenvalue weighted by molar-refractivity contribution is 5.78. The molecule has 0 bridgehead atoms. The lowest BCUT2D eigenvalue weighted by Crippen LogP contribution is -2.66. The summed E-state index contributed by atoms with van der Waals surface area (Å²) in [6.45, 7) is 3.09. The van der Waals surface area contributed by atoms with Gasteiger partial charge in [-0.25, -0.2) is 4.79 Å². The summed E-state index contributed by atoms with van der Waals surface area (Å²) in [5, 5.41) is 11.3. The molecule has 0 aromatic heterocycles. The summed E-state index contributed by atoms with van der Waals surface area (Å²) in [6.07, 6.45) is -8.34. The van der Waals surface area contributed by atoms with Crippen molar-refractivity contribution in [3.05, 3.63) is 108 Å². The number of hydrogen-bond acceptors (Lipinski definition) is 7. The van der Waals surface area contributed by atoms with Gasteiger partial charge in [0.1, 0.15) is 24.4 Å². The summed E-state index contributed by atoms with van der Waals surface area (Å²) in [5.74, 6) is -5.95. The Labute approximate surface area is 239 Å². The highest BCUT2D eigenvalue weighted by Gasteiger charge is 2.60. The first-order chi connectivity index (χ1) is 19.8. The fourth-order valence-electron chi connectivity index (χ4n) is 4.56. The van der Waals surface area contributed by atoms with Crippen LogP contribution in [0.1, 0.15) is 30.5 Å². The van der Waals surface area contributed by atoms with Crippen LogP contribution in [0, 0.1) is 0 Å². The molecule has 0 radical (unpaired) electrons. The van der Waals surface area contributed by atoms with Crippen LogP contribution in [-0.2, 0) is 48.3 Å². The first-order valence-corrected chi connectivity index (χ1v) is 13.6. The van der Waals surface area contributed by atoms with Crippen molar-refractivity contribution in [3.8, 4) is 0 Å². The fraction of sp³-hybridized carbons (Fsp3) is 0.406. The number of carbonyl (C=O) groups is 1. The van der Waals surface area contributed by atoms with Crippen LogP contribution in [-0.4, -0.2) is 60.2 Å². The number of ether oxygens (including phenoxy) is 5. The Bertz CT molecular complexity index is 1190. The van der Waals surface area contributed by atoms with E-state index in [1.54, 1.807) is 0 Å². The van der Waals surface area contributed by atoms with Crippen molar-refractivity contribution in [3.63, 3.8) is 0 Å². The van der Waals surface area contributed by atoms with Crippen LogP contribution in [0.3, 0.4) is 0 Å². The molecule has 5 atom stereocenters. The molecule has 7 nitrogen and oxygen atoms in total. The Kier molecular flexibility index (Phi) is 11.0. The lowest BCUT2D eigenvalue weighted by molar-refractivity contribution is -0.299. The van der Waals surface area contributed by atoms with Gasteiger partial charge >= 0.3 is 11.9 Å². The van der Waals surface area contributed by atoms with E-state index >= 15 is 8.78 Å². The first kappa shape index (κ1) is 30.7. The molecule has 0 aliphatic carbocycles. The third-order valence-corrected chi connectivity index (χ3v) is 6.59. The van der Waals surface area contributed by atoms with E-state index in [0.29, 0.717) is 0 Å². The third kappa shape index (κ3) is 8.40. The minimum Gasteiger partial charge on any atom is -0.458 e. The van der Waals surface area contributed by atoms with Gasteiger partial charge in [-0.05, 0) is 30.5 Å². The van der Waals surface area contributed by atoms with Crippen LogP contribution in [0.2, 0.25) is 0 Å². The number of aliphatic hydroxyl groups excluding tert-OH is 1. The van der Waals surface area contributed by atoms with Crippen molar-refractivity contribution < 1.29 is 42.4 Å². The molecule has 1 fully saturated rings. The van der Waals surface area contributed by atoms with E-state index in [1.165, 1.54) is 13.8 Å². The van der Waals surface area contributed by atoms with Gasteiger partial charge in [-0.15, -0.1) is 0 Å². The SMILES string of the molecule is CC(C)OC(=O)C(F)(F)[C@H]1O[C@H](COCc2ccccc2)[C@H](OCc2ccccc2)[C@H](OCc2ccccc2)[C@H]1O. The summed E-state index contributed by atoms with van der Waals surface area (Å²) >= 11 is 0. The second kappa shape index (κ2) is 14.6. The van der Waals surface area contributed by atoms with Crippen LogP contribution >= 0.6 is 0 Å². The molecule has 1 saturated heterocycles. The van der Waals surface area contributed by atoms with Crippen LogP contribution in [0.25, 0.3) is 0 Å². The molecule has 9 heteroatoms. The summed E-state index contributed by atoms with van der Waals surface area (Å²) < 4.78 is 59.7. The molecule has 1 N–H and O–H groups in total. The summed E-state index contributed by atoms with van der Waals surface area (Å²) in [4.78, 5) is 12.4. The number of carbonyl (C=O) groups excluding carboxylic acids is 1. The molecule has 3 aromatic carbocycles. The number of aliphatic hydroxyl groups is 1. The minimum atomic E-state index is -4.17. The predicted molar refractivity (Wildman–Crippen MR) is 147 cm³/mol. The molecular weight excluding hydrogens is 534 g/mol. The number of esters is 1. The number of rotatable bonds is 13. The van der Waals surface area contributed by atoms with Gasteiger partial charge in [0.15, 0.2) is 6.10 Å². The molecule has 0 spiro atoms. The van der Waals surface area contributed by atoms with E-state index in [4.69, 9.17) is 23.7 Å². The van der Waals surface area contributed by atoms with Crippen LogP contribution in [0.5, 0.6) is 0 Å². The third-order valence-electron chi connectivity index (χ3n) is 6.59. The van der Waals surface area contributed by atoms with Crippen molar-refractivity contribution in [1.29, 1.82) is 0 Å². The molecule has 3 aromatic rings. The zero-order valence-electron chi connectivity index (χ0n) is 23.1. The normalized spacial score (nSPS) is 22.9. The first-order valence-electron chi connectivity index (χ1n) is 13.6. The maximum atomic E-state index is 15.5. The van der Waals surface area contributed by atoms with Gasteiger partial charge in [-0.3, -0.25) is 0 Å². The molecule has 1 heterocycles. The zero-order chi connectivity index (χ0) is 29.2. The average Bonchev–Trinajstić information content (AvgIpc) is 2.97. The van der Waals surface area contributed by atoms with E-state index in [1.807, 2.05) is 91.0 Å². The zero-order valence-corrected chi connectivity index (χ0v) is 23.1. The van der Waals surface area contributed by atoms with Crippen molar-refractivity contribution in [2.75, 3.05) is 6.61 Å². The number of hydrogen-bond donors (Lipinski definition) is 1. The second-order valence-corrected chi connectivity index (χ2v) is 10.2. The van der Waals surface area contributed by atoms with Crippen LogP contribution < -0.4 is 0 Å². The Morgan fingerprint density at radius 1 is 0.805 bits per heavy atom. The minimum absolute atomic E-state index is 0.0140. The van der Waals surface area contributed by atoms with Gasteiger partial charge < -0.3 is 28.8 Å². The highest BCUT2D eigenvalue weighted by atomic mass is 19.3. The number of alkyl halides is 2. The molecule has 1 aliphatic rings. The van der Waals surface area contributed by atoms with E-state index in [-0.39, 0.29) is 26.4 Å². The van der Waals surface area contributed by atoms with E-state index < -0.39 is 48.5 Å². The van der Waals surface area contributed by atoms with Gasteiger partial charge in [0, 0.05) is 0 Å². The smallest absolute Gasteiger partial charge is 0.380 e. The molecule has 0 amide bonds. The monoisotopic (exact) mass is 570 g/mol. The molecule has 4 rings (SSSR count). The van der Waals surface area contributed by atoms with Crippen molar-refractivity contribution in [2.45, 2.75) is 76.2 Å². The largest absolute Gasteiger partial charge is 0.458 e. The molecule has 0 saturated carbocycles. The van der Waals surface area contributed by atoms with Gasteiger partial charge in [0.2, 0.25) is 0 Å². The van der Waals surface area contributed by atoms with Crippen LogP contribution in [0.4, 0.5) is 8.78 Å². The topological polar surface area (TPSA) is 83.5 Å². The molecule has 1 aliphatic heterocycles. The van der Waals surface area contributed by atoms with Crippen LogP contribution in [0.15, 0.2) is 91.0 Å². The second-order valence-electron chi connectivity index (χ2n) is 10.2. The van der Waals surface area contributed by atoms with Gasteiger partial charge in [0.05, 0.1) is 32.5 Å². The summed E-state index contributed by atoms with van der Waals surface area (Å²) in [7, 11) is 0. The van der Waals surface area contributed by atoms with Gasteiger partial charge in [0.25, 0.3) is 0 Å². The summed E-state index contributed by atoms with van der Waals surface area (Å²) in [5.41, 5.74) is 2.48. The number of halogens is 2. The Hall–Kier alpha value is -3.21. The Morgan fingerprint density at radius 2 is 1.27 bits per heavy atom. The lowest BCUT2D eigenvalue weighted by Gasteiger charge is -2.45. The Morgan fingerprint density at radius 3 is 1.76 bits per heavy atom. The lowest BCUT2D eigenvalue weighted by atomic mass is 9.91. The Balaban J connectivity index is 1.61.